The second-order valence-electron chi connectivity index (χ2n) is 4.10. The van der Waals surface area contributed by atoms with Crippen LogP contribution in [0.5, 0.6) is 0 Å². The first-order valence-electron chi connectivity index (χ1n) is 5.72. The van der Waals surface area contributed by atoms with Gasteiger partial charge in [0.25, 0.3) is 0 Å². The van der Waals surface area contributed by atoms with Crippen LogP contribution < -0.4 is 5.32 Å². The molecule has 84 valence electrons. The molecule has 0 bridgehead atoms. The SMILES string of the molecule is CCCC1CNCCN1Cc1cocn1. The van der Waals surface area contributed by atoms with Crippen LogP contribution in [0, 0.1) is 0 Å². The van der Waals surface area contributed by atoms with Gasteiger partial charge in [0.1, 0.15) is 6.26 Å². The first-order chi connectivity index (χ1) is 7.40. The summed E-state index contributed by atoms with van der Waals surface area (Å²) in [4.78, 5) is 6.67. The molecule has 1 atom stereocenters. The molecular formula is C11H19N3O. The Labute approximate surface area is 90.7 Å². The van der Waals surface area contributed by atoms with Crippen molar-refractivity contribution in [1.29, 1.82) is 0 Å². The fourth-order valence-corrected chi connectivity index (χ4v) is 2.15. The highest BCUT2D eigenvalue weighted by atomic mass is 16.3. The molecule has 0 aromatic carbocycles. The summed E-state index contributed by atoms with van der Waals surface area (Å²) in [5.41, 5.74) is 1.04. The van der Waals surface area contributed by atoms with Crippen LogP contribution in [0.4, 0.5) is 0 Å². The van der Waals surface area contributed by atoms with E-state index in [4.69, 9.17) is 4.42 Å². The van der Waals surface area contributed by atoms with Crippen molar-refractivity contribution in [3.8, 4) is 0 Å². The van der Waals surface area contributed by atoms with Gasteiger partial charge in [0, 0.05) is 32.2 Å². The molecular weight excluding hydrogens is 190 g/mol. The van der Waals surface area contributed by atoms with Gasteiger partial charge in [-0.25, -0.2) is 4.98 Å². The Morgan fingerprint density at radius 3 is 3.33 bits per heavy atom. The van der Waals surface area contributed by atoms with Gasteiger partial charge in [-0.05, 0) is 6.42 Å². The van der Waals surface area contributed by atoms with Crippen molar-refractivity contribution in [2.45, 2.75) is 32.4 Å². The van der Waals surface area contributed by atoms with E-state index in [1.165, 1.54) is 19.2 Å². The molecule has 2 rings (SSSR count). The molecule has 1 aromatic heterocycles. The maximum atomic E-state index is 5.00. The molecule has 15 heavy (non-hydrogen) atoms. The highest BCUT2D eigenvalue weighted by Crippen LogP contribution is 2.12. The normalized spacial score (nSPS) is 23.1. The highest BCUT2D eigenvalue weighted by molar-refractivity contribution is 4.93. The molecule has 0 aliphatic carbocycles. The maximum absolute atomic E-state index is 5.00. The van der Waals surface area contributed by atoms with Crippen molar-refractivity contribution < 1.29 is 4.42 Å². The van der Waals surface area contributed by atoms with Crippen molar-refractivity contribution in [2.75, 3.05) is 19.6 Å². The number of piperazine rings is 1. The summed E-state index contributed by atoms with van der Waals surface area (Å²) in [5.74, 6) is 0. The summed E-state index contributed by atoms with van der Waals surface area (Å²) >= 11 is 0. The molecule has 1 N–H and O–H groups in total. The standard InChI is InChI=1S/C11H19N3O/c1-2-3-11-6-12-4-5-14(11)7-10-8-15-9-13-10/h8-9,11-12H,2-7H2,1H3. The van der Waals surface area contributed by atoms with Crippen LogP contribution in [0.1, 0.15) is 25.5 Å². The summed E-state index contributed by atoms with van der Waals surface area (Å²) in [6.45, 7) is 6.45. The van der Waals surface area contributed by atoms with E-state index in [1.54, 1.807) is 6.26 Å². The van der Waals surface area contributed by atoms with E-state index in [9.17, 15) is 0 Å². The van der Waals surface area contributed by atoms with Crippen molar-refractivity contribution in [1.82, 2.24) is 15.2 Å². The summed E-state index contributed by atoms with van der Waals surface area (Å²) in [6, 6.07) is 0.653. The van der Waals surface area contributed by atoms with E-state index in [0.717, 1.165) is 31.9 Å². The fraction of sp³-hybridized carbons (Fsp3) is 0.727. The Kier molecular flexibility index (Phi) is 3.75. The number of hydrogen-bond acceptors (Lipinski definition) is 4. The van der Waals surface area contributed by atoms with Crippen molar-refractivity contribution in [2.24, 2.45) is 0 Å². The second kappa shape index (κ2) is 5.28. The Morgan fingerprint density at radius 1 is 1.67 bits per heavy atom. The molecule has 1 aliphatic heterocycles. The van der Waals surface area contributed by atoms with Crippen LogP contribution in [0.3, 0.4) is 0 Å². The minimum Gasteiger partial charge on any atom is -0.451 e. The molecule has 2 heterocycles. The lowest BCUT2D eigenvalue weighted by molar-refractivity contribution is 0.142. The number of nitrogens with zero attached hydrogens (tertiary/aromatic N) is 2. The third kappa shape index (κ3) is 2.79. The minimum atomic E-state index is 0.653. The second-order valence-corrected chi connectivity index (χ2v) is 4.10. The lowest BCUT2D eigenvalue weighted by Crippen LogP contribution is -2.50. The monoisotopic (exact) mass is 209 g/mol. The van der Waals surface area contributed by atoms with E-state index in [-0.39, 0.29) is 0 Å². The van der Waals surface area contributed by atoms with Gasteiger partial charge in [-0.3, -0.25) is 4.90 Å². The summed E-state index contributed by atoms with van der Waals surface area (Å²) in [7, 11) is 0. The lowest BCUT2D eigenvalue weighted by Gasteiger charge is -2.35. The van der Waals surface area contributed by atoms with E-state index in [1.807, 2.05) is 0 Å². The van der Waals surface area contributed by atoms with Crippen LogP contribution in [-0.4, -0.2) is 35.6 Å². The average molecular weight is 209 g/mol. The molecule has 0 spiro atoms. The third-order valence-electron chi connectivity index (χ3n) is 2.94. The van der Waals surface area contributed by atoms with Crippen molar-refractivity contribution in [3.63, 3.8) is 0 Å². The van der Waals surface area contributed by atoms with Crippen LogP contribution >= 0.6 is 0 Å². The van der Waals surface area contributed by atoms with Crippen molar-refractivity contribution in [3.05, 3.63) is 18.4 Å². The molecule has 0 saturated carbocycles. The van der Waals surface area contributed by atoms with E-state index in [2.05, 4.69) is 22.1 Å². The van der Waals surface area contributed by atoms with Gasteiger partial charge in [0.15, 0.2) is 6.39 Å². The predicted octanol–water partition coefficient (Wildman–Crippen LogP) is 1.25. The van der Waals surface area contributed by atoms with Crippen LogP contribution in [0.15, 0.2) is 17.1 Å². The Balaban J connectivity index is 1.92. The summed E-state index contributed by atoms with van der Waals surface area (Å²) in [5, 5.41) is 3.44. The van der Waals surface area contributed by atoms with Gasteiger partial charge < -0.3 is 9.73 Å². The van der Waals surface area contributed by atoms with Gasteiger partial charge in [0.2, 0.25) is 0 Å². The molecule has 0 amide bonds. The summed E-state index contributed by atoms with van der Waals surface area (Å²) in [6.07, 6.45) is 5.74. The van der Waals surface area contributed by atoms with Crippen molar-refractivity contribution >= 4 is 0 Å². The Bertz CT molecular complexity index is 271. The minimum absolute atomic E-state index is 0.653. The van der Waals surface area contributed by atoms with Gasteiger partial charge in [-0.2, -0.15) is 0 Å². The van der Waals surface area contributed by atoms with Crippen LogP contribution in [0.2, 0.25) is 0 Å². The molecule has 4 heteroatoms. The third-order valence-corrected chi connectivity index (χ3v) is 2.94. The zero-order valence-electron chi connectivity index (χ0n) is 9.28. The number of nitrogens with one attached hydrogen (secondary N) is 1. The summed E-state index contributed by atoms with van der Waals surface area (Å²) < 4.78 is 5.00. The molecule has 1 fully saturated rings. The van der Waals surface area contributed by atoms with Gasteiger partial charge in [-0.15, -0.1) is 0 Å². The van der Waals surface area contributed by atoms with E-state index >= 15 is 0 Å². The number of oxazole rings is 1. The first kappa shape index (κ1) is 10.6. The van der Waals surface area contributed by atoms with Crippen LogP contribution in [0.25, 0.3) is 0 Å². The number of aromatic nitrogens is 1. The number of rotatable bonds is 4. The molecule has 0 radical (unpaired) electrons. The van der Waals surface area contributed by atoms with Crippen LogP contribution in [-0.2, 0) is 6.54 Å². The highest BCUT2D eigenvalue weighted by Gasteiger charge is 2.21. The zero-order valence-corrected chi connectivity index (χ0v) is 9.28. The van der Waals surface area contributed by atoms with E-state index in [0.29, 0.717) is 6.04 Å². The van der Waals surface area contributed by atoms with Gasteiger partial charge in [0.05, 0.1) is 5.69 Å². The maximum Gasteiger partial charge on any atom is 0.180 e. The fourth-order valence-electron chi connectivity index (χ4n) is 2.15. The van der Waals surface area contributed by atoms with Gasteiger partial charge in [-0.1, -0.05) is 13.3 Å². The Hall–Kier alpha value is -0.870. The molecule has 1 aromatic rings. The van der Waals surface area contributed by atoms with Gasteiger partial charge >= 0.3 is 0 Å². The molecule has 1 aliphatic rings. The molecule has 1 unspecified atom stereocenters. The lowest BCUT2D eigenvalue weighted by atomic mass is 10.1. The Morgan fingerprint density at radius 2 is 2.60 bits per heavy atom. The van der Waals surface area contributed by atoms with E-state index < -0.39 is 0 Å². The first-order valence-corrected chi connectivity index (χ1v) is 5.72. The zero-order chi connectivity index (χ0) is 10.5. The molecule has 1 saturated heterocycles. The largest absolute Gasteiger partial charge is 0.451 e. The predicted molar refractivity (Wildman–Crippen MR) is 58.5 cm³/mol. The molecule has 4 nitrogen and oxygen atoms in total. The quantitative estimate of drug-likeness (QED) is 0.810. The number of hydrogen-bond donors (Lipinski definition) is 1. The topological polar surface area (TPSA) is 41.3 Å². The smallest absolute Gasteiger partial charge is 0.180 e. The average Bonchev–Trinajstić information content (AvgIpc) is 2.74.